The van der Waals surface area contributed by atoms with Gasteiger partial charge in [0.2, 0.25) is 5.91 Å². The van der Waals surface area contributed by atoms with Gasteiger partial charge < -0.3 is 10.0 Å². The molecular weight excluding hydrogens is 276 g/mol. The van der Waals surface area contributed by atoms with Gasteiger partial charge in [-0.25, -0.2) is 0 Å². The standard InChI is InChI=1S/C18H26N2O2/c1-14-12-19-10-6-9-16(19)13-20(14)17(21)11-18(2,22)15-7-4-3-5-8-15/h3-5,7-8,14,16,22H,6,9-13H2,1-2H3. The summed E-state index contributed by atoms with van der Waals surface area (Å²) in [7, 11) is 0. The molecule has 0 spiro atoms. The average molecular weight is 302 g/mol. The van der Waals surface area contributed by atoms with Crippen molar-refractivity contribution in [3.05, 3.63) is 35.9 Å². The first-order valence-corrected chi connectivity index (χ1v) is 8.29. The predicted octanol–water partition coefficient (Wildman–Crippen LogP) is 1.98. The summed E-state index contributed by atoms with van der Waals surface area (Å²) in [5, 5.41) is 10.7. The third-order valence-corrected chi connectivity index (χ3v) is 5.15. The molecular formula is C18H26N2O2. The molecule has 0 saturated carbocycles. The molecule has 1 amide bonds. The Kier molecular flexibility index (Phi) is 4.24. The lowest BCUT2D eigenvalue weighted by atomic mass is 9.91. The van der Waals surface area contributed by atoms with Gasteiger partial charge in [0.25, 0.3) is 0 Å². The van der Waals surface area contributed by atoms with Crippen molar-refractivity contribution in [3.63, 3.8) is 0 Å². The van der Waals surface area contributed by atoms with Crippen LogP contribution >= 0.6 is 0 Å². The van der Waals surface area contributed by atoms with Crippen LogP contribution in [0.4, 0.5) is 0 Å². The third-order valence-electron chi connectivity index (χ3n) is 5.15. The lowest BCUT2D eigenvalue weighted by Gasteiger charge is -2.43. The van der Waals surface area contributed by atoms with Crippen LogP contribution in [0.2, 0.25) is 0 Å². The average Bonchev–Trinajstić information content (AvgIpc) is 2.94. The molecule has 2 saturated heterocycles. The summed E-state index contributed by atoms with van der Waals surface area (Å²) >= 11 is 0. The second kappa shape index (κ2) is 6.01. The van der Waals surface area contributed by atoms with Gasteiger partial charge in [-0.1, -0.05) is 30.3 Å². The fraction of sp³-hybridized carbons (Fsp3) is 0.611. The first-order chi connectivity index (χ1) is 10.5. The number of carbonyl (C=O) groups excluding carboxylic acids is 1. The number of fused-ring (bicyclic) bond motifs is 1. The van der Waals surface area contributed by atoms with Crippen LogP contribution in [0.5, 0.6) is 0 Å². The van der Waals surface area contributed by atoms with Crippen molar-refractivity contribution >= 4 is 5.91 Å². The Bertz CT molecular complexity index is 529. The molecule has 3 rings (SSSR count). The Hall–Kier alpha value is -1.39. The van der Waals surface area contributed by atoms with Crippen LogP contribution in [0.1, 0.15) is 38.7 Å². The molecule has 0 aromatic heterocycles. The number of hydrogen-bond acceptors (Lipinski definition) is 3. The number of hydrogen-bond donors (Lipinski definition) is 1. The molecule has 3 atom stereocenters. The Morgan fingerprint density at radius 1 is 1.32 bits per heavy atom. The Morgan fingerprint density at radius 2 is 2.05 bits per heavy atom. The van der Waals surface area contributed by atoms with E-state index in [0.29, 0.717) is 6.04 Å². The van der Waals surface area contributed by atoms with Crippen LogP contribution in [0.3, 0.4) is 0 Å². The highest BCUT2D eigenvalue weighted by atomic mass is 16.3. The topological polar surface area (TPSA) is 43.8 Å². The number of amides is 1. The van der Waals surface area contributed by atoms with Crippen LogP contribution < -0.4 is 0 Å². The quantitative estimate of drug-likeness (QED) is 0.928. The molecule has 0 radical (unpaired) electrons. The summed E-state index contributed by atoms with van der Waals surface area (Å²) in [4.78, 5) is 17.2. The number of benzene rings is 1. The fourth-order valence-corrected chi connectivity index (χ4v) is 3.83. The molecule has 1 aromatic rings. The van der Waals surface area contributed by atoms with Gasteiger partial charge in [-0.05, 0) is 38.8 Å². The minimum absolute atomic E-state index is 0.0629. The van der Waals surface area contributed by atoms with E-state index in [0.717, 1.165) is 18.7 Å². The summed E-state index contributed by atoms with van der Waals surface area (Å²) in [6.45, 7) is 6.79. The van der Waals surface area contributed by atoms with Crippen molar-refractivity contribution in [2.75, 3.05) is 19.6 Å². The smallest absolute Gasteiger partial charge is 0.226 e. The monoisotopic (exact) mass is 302 g/mol. The normalized spacial score (nSPS) is 28.2. The molecule has 22 heavy (non-hydrogen) atoms. The molecule has 4 nitrogen and oxygen atoms in total. The van der Waals surface area contributed by atoms with Crippen LogP contribution in [0, 0.1) is 0 Å². The van der Waals surface area contributed by atoms with Crippen molar-refractivity contribution in [1.82, 2.24) is 9.80 Å². The van der Waals surface area contributed by atoms with E-state index in [1.807, 2.05) is 35.2 Å². The molecule has 2 heterocycles. The summed E-state index contributed by atoms with van der Waals surface area (Å²) in [5.74, 6) is 0.0629. The highest BCUT2D eigenvalue weighted by Gasteiger charge is 2.38. The first-order valence-electron chi connectivity index (χ1n) is 8.29. The highest BCUT2D eigenvalue weighted by Crippen LogP contribution is 2.29. The maximum absolute atomic E-state index is 12.7. The van der Waals surface area contributed by atoms with E-state index in [1.165, 1.54) is 19.4 Å². The van der Waals surface area contributed by atoms with Crippen LogP contribution in [-0.4, -0.2) is 52.5 Å². The van der Waals surface area contributed by atoms with E-state index >= 15 is 0 Å². The molecule has 3 unspecified atom stereocenters. The summed E-state index contributed by atoms with van der Waals surface area (Å²) < 4.78 is 0. The van der Waals surface area contributed by atoms with Gasteiger partial charge in [0.15, 0.2) is 0 Å². The van der Waals surface area contributed by atoms with Crippen LogP contribution in [-0.2, 0) is 10.4 Å². The zero-order chi connectivity index (χ0) is 15.7. The van der Waals surface area contributed by atoms with Crippen molar-refractivity contribution in [2.24, 2.45) is 0 Å². The Morgan fingerprint density at radius 3 is 2.77 bits per heavy atom. The Balaban J connectivity index is 1.68. The van der Waals surface area contributed by atoms with E-state index in [9.17, 15) is 9.90 Å². The fourth-order valence-electron chi connectivity index (χ4n) is 3.83. The second-order valence-electron chi connectivity index (χ2n) is 7.00. The van der Waals surface area contributed by atoms with Crippen molar-refractivity contribution in [2.45, 2.75) is 50.8 Å². The number of nitrogens with zero attached hydrogens (tertiary/aromatic N) is 2. The lowest BCUT2D eigenvalue weighted by Crippen LogP contribution is -2.57. The first kappa shape index (κ1) is 15.5. The third kappa shape index (κ3) is 3.03. The van der Waals surface area contributed by atoms with E-state index in [4.69, 9.17) is 0 Å². The van der Waals surface area contributed by atoms with E-state index < -0.39 is 5.60 Å². The Labute approximate surface area is 132 Å². The largest absolute Gasteiger partial charge is 0.385 e. The summed E-state index contributed by atoms with van der Waals surface area (Å²) in [6.07, 6.45) is 2.57. The van der Waals surface area contributed by atoms with Crippen LogP contribution in [0.25, 0.3) is 0 Å². The maximum atomic E-state index is 12.7. The van der Waals surface area contributed by atoms with Gasteiger partial charge in [0.1, 0.15) is 0 Å². The molecule has 4 heteroatoms. The van der Waals surface area contributed by atoms with E-state index in [2.05, 4.69) is 11.8 Å². The second-order valence-corrected chi connectivity index (χ2v) is 7.00. The van der Waals surface area contributed by atoms with E-state index in [-0.39, 0.29) is 18.4 Å². The van der Waals surface area contributed by atoms with Crippen LogP contribution in [0.15, 0.2) is 30.3 Å². The van der Waals surface area contributed by atoms with Gasteiger partial charge in [0, 0.05) is 25.2 Å². The zero-order valence-electron chi connectivity index (χ0n) is 13.5. The number of piperazine rings is 1. The molecule has 0 bridgehead atoms. The number of carbonyl (C=O) groups is 1. The van der Waals surface area contributed by atoms with Gasteiger partial charge >= 0.3 is 0 Å². The van der Waals surface area contributed by atoms with Crippen molar-refractivity contribution in [1.29, 1.82) is 0 Å². The SMILES string of the molecule is CC1CN2CCCC2CN1C(=O)CC(C)(O)c1ccccc1. The molecule has 2 aliphatic heterocycles. The number of aliphatic hydroxyl groups is 1. The highest BCUT2D eigenvalue weighted by molar-refractivity contribution is 5.78. The minimum atomic E-state index is -1.11. The lowest BCUT2D eigenvalue weighted by molar-refractivity contribution is -0.141. The van der Waals surface area contributed by atoms with Gasteiger partial charge in [-0.15, -0.1) is 0 Å². The molecule has 1 N–H and O–H groups in total. The summed E-state index contributed by atoms with van der Waals surface area (Å²) in [5.41, 5.74) is -0.305. The molecule has 2 fully saturated rings. The molecule has 0 aliphatic carbocycles. The predicted molar refractivity (Wildman–Crippen MR) is 86.4 cm³/mol. The molecule has 2 aliphatic rings. The minimum Gasteiger partial charge on any atom is -0.385 e. The summed E-state index contributed by atoms with van der Waals surface area (Å²) in [6, 6.07) is 10.2. The van der Waals surface area contributed by atoms with Gasteiger partial charge in [-0.2, -0.15) is 0 Å². The molecule has 1 aromatic carbocycles. The van der Waals surface area contributed by atoms with Gasteiger partial charge in [-0.3, -0.25) is 9.69 Å². The van der Waals surface area contributed by atoms with Gasteiger partial charge in [0.05, 0.1) is 12.0 Å². The number of rotatable bonds is 3. The maximum Gasteiger partial charge on any atom is 0.226 e. The van der Waals surface area contributed by atoms with Crippen molar-refractivity contribution < 1.29 is 9.90 Å². The van der Waals surface area contributed by atoms with E-state index in [1.54, 1.807) is 6.92 Å². The zero-order valence-corrected chi connectivity index (χ0v) is 13.5. The van der Waals surface area contributed by atoms with Crippen molar-refractivity contribution in [3.8, 4) is 0 Å². The molecule has 120 valence electrons.